The van der Waals surface area contributed by atoms with Crippen LogP contribution >= 0.6 is 0 Å². The lowest BCUT2D eigenvalue weighted by molar-refractivity contribution is 0.0767. The molecule has 3 aliphatic rings. The molecule has 6 nitrogen and oxygen atoms in total. The van der Waals surface area contributed by atoms with Crippen LogP contribution in [0.5, 0.6) is 11.5 Å². The van der Waals surface area contributed by atoms with E-state index in [2.05, 4.69) is 20.2 Å². The van der Waals surface area contributed by atoms with E-state index in [9.17, 15) is 4.39 Å². The van der Waals surface area contributed by atoms with Crippen molar-refractivity contribution in [3.05, 3.63) is 54.1 Å². The minimum atomic E-state index is -0.396. The predicted octanol–water partition coefficient (Wildman–Crippen LogP) is 3.20. The van der Waals surface area contributed by atoms with Crippen LogP contribution in [0.4, 0.5) is 4.39 Å². The molecule has 0 saturated carbocycles. The highest BCUT2D eigenvalue weighted by atomic mass is 19.1. The number of aromatic nitrogens is 1. The van der Waals surface area contributed by atoms with Crippen molar-refractivity contribution in [3.8, 4) is 11.5 Å². The summed E-state index contributed by atoms with van der Waals surface area (Å²) >= 11 is 0. The van der Waals surface area contributed by atoms with Gasteiger partial charge in [0.25, 0.3) is 0 Å². The average molecular weight is 396 g/mol. The lowest BCUT2D eigenvalue weighted by Crippen LogP contribution is -2.41. The highest BCUT2D eigenvalue weighted by Crippen LogP contribution is 2.47. The van der Waals surface area contributed by atoms with Gasteiger partial charge in [-0.05, 0) is 42.7 Å². The van der Waals surface area contributed by atoms with Crippen LogP contribution in [-0.4, -0.2) is 48.2 Å². The van der Waals surface area contributed by atoms with Gasteiger partial charge in [0.2, 0.25) is 0 Å². The lowest BCUT2D eigenvalue weighted by Gasteiger charge is -2.23. The Morgan fingerprint density at radius 3 is 2.72 bits per heavy atom. The zero-order valence-corrected chi connectivity index (χ0v) is 16.4. The molecule has 5 rings (SSSR count). The van der Waals surface area contributed by atoms with Gasteiger partial charge in [-0.1, -0.05) is 6.07 Å². The minimum Gasteiger partial charge on any atom is -0.453 e. The van der Waals surface area contributed by atoms with Crippen LogP contribution in [0.15, 0.2) is 47.7 Å². The Bertz CT molecular complexity index is 889. The van der Waals surface area contributed by atoms with E-state index in [1.54, 1.807) is 37.6 Å². The monoisotopic (exact) mass is 396 g/mol. The molecule has 2 aromatic rings. The normalized spacial score (nSPS) is 27.9. The molecule has 1 N–H and O–H groups in total. The van der Waals surface area contributed by atoms with Crippen LogP contribution < -0.4 is 10.1 Å². The highest BCUT2D eigenvalue weighted by Gasteiger charge is 2.53. The fraction of sp³-hybridized carbons (Fsp3) is 0.455. The maximum absolute atomic E-state index is 14.5. The summed E-state index contributed by atoms with van der Waals surface area (Å²) in [5.41, 5.74) is 0.838. The summed E-state index contributed by atoms with van der Waals surface area (Å²) in [7, 11) is 1.80. The van der Waals surface area contributed by atoms with E-state index < -0.39 is 5.82 Å². The van der Waals surface area contributed by atoms with E-state index in [0.29, 0.717) is 36.3 Å². The summed E-state index contributed by atoms with van der Waals surface area (Å²) in [5, 5.41) is 3.38. The van der Waals surface area contributed by atoms with Gasteiger partial charge < -0.3 is 19.7 Å². The number of halogens is 1. The number of rotatable bonds is 4. The van der Waals surface area contributed by atoms with E-state index in [-0.39, 0.29) is 5.75 Å². The first-order chi connectivity index (χ1) is 14.2. The molecule has 3 saturated heterocycles. The van der Waals surface area contributed by atoms with Crippen LogP contribution in [-0.2, 0) is 11.3 Å². The number of nitrogens with zero attached hydrogens (tertiary/aromatic N) is 3. The first kappa shape index (κ1) is 18.4. The lowest BCUT2D eigenvalue weighted by atomic mass is 9.82. The number of ether oxygens (including phenoxy) is 2. The summed E-state index contributed by atoms with van der Waals surface area (Å²) in [6.45, 7) is 2.47. The van der Waals surface area contributed by atoms with Gasteiger partial charge in [-0.3, -0.25) is 9.98 Å². The van der Waals surface area contributed by atoms with Crippen molar-refractivity contribution in [2.24, 2.45) is 16.8 Å². The molecule has 0 amide bonds. The topological polar surface area (TPSA) is 59.0 Å². The first-order valence-corrected chi connectivity index (χ1v) is 10.2. The molecule has 1 aromatic heterocycles. The summed E-state index contributed by atoms with van der Waals surface area (Å²) < 4.78 is 26.1. The zero-order valence-electron chi connectivity index (χ0n) is 16.4. The Kier molecular flexibility index (Phi) is 4.83. The summed E-state index contributed by atoms with van der Waals surface area (Å²) in [6.07, 6.45) is 6.44. The number of guanidine groups is 1. The van der Waals surface area contributed by atoms with Crippen molar-refractivity contribution in [2.45, 2.75) is 31.6 Å². The third-order valence-electron chi connectivity index (χ3n) is 6.27. The third kappa shape index (κ3) is 3.55. The Morgan fingerprint density at radius 1 is 1.28 bits per heavy atom. The smallest absolute Gasteiger partial charge is 0.193 e. The standard InChI is InChI=1S/C22H25FN4O2/c1-24-22(27-12-16-17(13-27)20-7-6-19(16)29-20)26-10-14-4-5-21(18(23)9-14)28-15-3-2-8-25-11-15/h2-5,8-9,11,16-17,19-20H,6-7,10,12-13H2,1H3,(H,24,26). The molecule has 2 bridgehead atoms. The minimum absolute atomic E-state index is 0.189. The molecule has 4 atom stereocenters. The second-order valence-electron chi connectivity index (χ2n) is 7.98. The van der Waals surface area contributed by atoms with Crippen molar-refractivity contribution in [1.82, 2.24) is 15.2 Å². The molecule has 0 aliphatic carbocycles. The number of hydrogen-bond donors (Lipinski definition) is 1. The molecule has 0 spiro atoms. The molecule has 152 valence electrons. The molecule has 3 fully saturated rings. The Balaban J connectivity index is 1.20. The molecule has 3 aliphatic heterocycles. The number of likely N-dealkylation sites (tertiary alicyclic amines) is 1. The van der Waals surface area contributed by atoms with Gasteiger partial charge in [-0.25, -0.2) is 4.39 Å². The maximum atomic E-state index is 14.5. The van der Waals surface area contributed by atoms with Crippen molar-refractivity contribution < 1.29 is 13.9 Å². The molecular formula is C22H25FN4O2. The number of aliphatic imine (C=N–C) groups is 1. The van der Waals surface area contributed by atoms with Crippen molar-refractivity contribution >= 4 is 5.96 Å². The van der Waals surface area contributed by atoms with E-state index in [1.165, 1.54) is 18.9 Å². The summed E-state index contributed by atoms with van der Waals surface area (Å²) in [6, 6.07) is 8.51. The van der Waals surface area contributed by atoms with E-state index >= 15 is 0 Å². The van der Waals surface area contributed by atoms with Gasteiger partial charge in [0.1, 0.15) is 5.75 Å². The molecule has 7 heteroatoms. The molecule has 4 unspecified atom stereocenters. The van der Waals surface area contributed by atoms with Crippen molar-refractivity contribution in [2.75, 3.05) is 20.1 Å². The van der Waals surface area contributed by atoms with E-state index in [0.717, 1.165) is 24.6 Å². The summed E-state index contributed by atoms with van der Waals surface area (Å²) in [5.74, 6) is 2.41. The molecule has 4 heterocycles. The Labute approximate surface area is 169 Å². The second-order valence-corrected chi connectivity index (χ2v) is 7.98. The summed E-state index contributed by atoms with van der Waals surface area (Å²) in [4.78, 5) is 10.7. The zero-order chi connectivity index (χ0) is 19.8. The van der Waals surface area contributed by atoms with Gasteiger partial charge in [-0.2, -0.15) is 0 Å². The molecular weight excluding hydrogens is 371 g/mol. The van der Waals surface area contributed by atoms with Crippen LogP contribution in [0.3, 0.4) is 0 Å². The average Bonchev–Trinajstić information content (AvgIpc) is 3.45. The fourth-order valence-corrected chi connectivity index (χ4v) is 4.92. The van der Waals surface area contributed by atoms with Gasteiger partial charge in [-0.15, -0.1) is 0 Å². The van der Waals surface area contributed by atoms with Crippen LogP contribution in [0.1, 0.15) is 18.4 Å². The van der Waals surface area contributed by atoms with Crippen LogP contribution in [0, 0.1) is 17.7 Å². The van der Waals surface area contributed by atoms with Crippen LogP contribution in [0.2, 0.25) is 0 Å². The highest BCUT2D eigenvalue weighted by molar-refractivity contribution is 5.80. The molecule has 0 radical (unpaired) electrons. The first-order valence-electron chi connectivity index (χ1n) is 10.2. The Hall–Kier alpha value is -2.67. The number of hydrogen-bond acceptors (Lipinski definition) is 4. The van der Waals surface area contributed by atoms with Crippen molar-refractivity contribution in [1.29, 1.82) is 0 Å². The van der Waals surface area contributed by atoms with Crippen molar-refractivity contribution in [3.63, 3.8) is 0 Å². The van der Waals surface area contributed by atoms with E-state index in [1.807, 2.05) is 6.07 Å². The van der Waals surface area contributed by atoms with Gasteiger partial charge in [0, 0.05) is 44.7 Å². The third-order valence-corrected chi connectivity index (χ3v) is 6.27. The maximum Gasteiger partial charge on any atom is 0.193 e. The van der Waals surface area contributed by atoms with Gasteiger partial charge in [0.05, 0.1) is 18.4 Å². The predicted molar refractivity (Wildman–Crippen MR) is 107 cm³/mol. The van der Waals surface area contributed by atoms with Gasteiger partial charge in [0.15, 0.2) is 17.5 Å². The quantitative estimate of drug-likeness (QED) is 0.635. The number of fused-ring (bicyclic) bond motifs is 5. The fourth-order valence-electron chi connectivity index (χ4n) is 4.92. The number of benzene rings is 1. The molecule has 29 heavy (non-hydrogen) atoms. The SMILES string of the molecule is CN=C(NCc1ccc(Oc2cccnc2)c(F)c1)N1CC2C3CCC(O3)C2C1. The molecule has 1 aromatic carbocycles. The number of pyridine rings is 1. The van der Waals surface area contributed by atoms with Gasteiger partial charge >= 0.3 is 0 Å². The Morgan fingerprint density at radius 2 is 2.07 bits per heavy atom. The second kappa shape index (κ2) is 7.63. The van der Waals surface area contributed by atoms with Crippen LogP contribution in [0.25, 0.3) is 0 Å². The van der Waals surface area contributed by atoms with E-state index in [4.69, 9.17) is 9.47 Å². The largest absolute Gasteiger partial charge is 0.453 e. The number of nitrogens with one attached hydrogen (secondary N) is 1.